The zero-order valence-electron chi connectivity index (χ0n) is 66.4. The molecule has 5 atom stereocenters. The van der Waals surface area contributed by atoms with Crippen molar-refractivity contribution in [2.75, 3.05) is 39.6 Å². The normalized spacial score (nSPS) is 14.0. The van der Waals surface area contributed by atoms with Crippen LogP contribution in [0.5, 0.6) is 0 Å². The van der Waals surface area contributed by atoms with Gasteiger partial charge in [-0.25, -0.2) is 9.13 Å². The molecular weight excluding hydrogens is 1320 g/mol. The summed E-state index contributed by atoms with van der Waals surface area (Å²) >= 11 is 0. The number of aliphatic hydroxyl groups excluding tert-OH is 1. The van der Waals surface area contributed by atoms with Crippen LogP contribution in [-0.2, 0) is 65.4 Å². The van der Waals surface area contributed by atoms with Crippen LogP contribution < -0.4 is 0 Å². The summed E-state index contributed by atoms with van der Waals surface area (Å²) in [6.07, 6.45) is 61.2. The molecule has 0 aliphatic heterocycles. The summed E-state index contributed by atoms with van der Waals surface area (Å²) < 4.78 is 68.7. The molecule has 0 aliphatic rings. The maximum Gasteiger partial charge on any atom is 0.472 e. The first-order valence-electron chi connectivity index (χ1n) is 42.3. The zero-order chi connectivity index (χ0) is 74.4. The van der Waals surface area contributed by atoms with E-state index in [1.165, 1.54) is 231 Å². The van der Waals surface area contributed by atoms with E-state index < -0.39 is 97.5 Å². The van der Waals surface area contributed by atoms with Gasteiger partial charge in [0, 0.05) is 25.7 Å². The summed E-state index contributed by atoms with van der Waals surface area (Å²) in [5, 5.41) is 10.6. The molecule has 0 saturated heterocycles. The number of carbonyl (C=O) groups is 4. The van der Waals surface area contributed by atoms with Crippen LogP contribution in [0.4, 0.5) is 0 Å². The van der Waals surface area contributed by atoms with Crippen LogP contribution in [0.3, 0.4) is 0 Å². The Morgan fingerprint density at radius 3 is 0.673 bits per heavy atom. The molecule has 0 aromatic rings. The van der Waals surface area contributed by atoms with Crippen LogP contribution in [0, 0.1) is 17.8 Å². The SMILES string of the molecule is CCCCCCCCCCCCCCCCCC(=O)O[C@H](COC(=O)CCCCCCCCC(C)C)COP(=O)(O)OC[C@H](O)COP(=O)(O)OC[C@@H](COC(=O)CCCCCCCCCCCCCCCCCC(C)C)OC(=O)CCCCCCCCCCCCCCCCCCC(C)C. The Morgan fingerprint density at radius 2 is 0.455 bits per heavy atom. The Bertz CT molecular complexity index is 1960. The summed E-state index contributed by atoms with van der Waals surface area (Å²) in [6, 6.07) is 0. The lowest BCUT2D eigenvalue weighted by molar-refractivity contribution is -0.161. The molecule has 17 nitrogen and oxygen atoms in total. The number of aliphatic hydroxyl groups is 1. The number of rotatable bonds is 80. The average Bonchev–Trinajstić information content (AvgIpc) is 1.09. The Labute approximate surface area is 619 Å². The Kier molecular flexibility index (Phi) is 70.9. The van der Waals surface area contributed by atoms with Crippen molar-refractivity contribution in [1.29, 1.82) is 0 Å². The van der Waals surface area contributed by atoms with Crippen molar-refractivity contribution in [1.82, 2.24) is 0 Å². The van der Waals surface area contributed by atoms with E-state index in [2.05, 4.69) is 48.5 Å². The summed E-state index contributed by atoms with van der Waals surface area (Å²) in [5.74, 6) is 0.184. The average molecular weight is 1480 g/mol. The highest BCUT2D eigenvalue weighted by molar-refractivity contribution is 7.47. The molecule has 3 N–H and O–H groups in total. The Hall–Kier alpha value is -1.94. The van der Waals surface area contributed by atoms with Gasteiger partial charge in [0.15, 0.2) is 12.2 Å². The lowest BCUT2D eigenvalue weighted by Gasteiger charge is -2.21. The summed E-state index contributed by atoms with van der Waals surface area (Å²) in [5.41, 5.74) is 0. The van der Waals surface area contributed by atoms with Gasteiger partial charge in [0.25, 0.3) is 0 Å². The number of hydrogen-bond donors (Lipinski definition) is 3. The molecule has 0 aromatic heterocycles. The molecule has 0 fully saturated rings. The molecule has 19 heteroatoms. The van der Waals surface area contributed by atoms with Crippen molar-refractivity contribution in [3.63, 3.8) is 0 Å². The molecule has 0 rings (SSSR count). The van der Waals surface area contributed by atoms with Crippen LogP contribution in [-0.4, -0.2) is 96.7 Å². The van der Waals surface area contributed by atoms with E-state index in [1.807, 2.05) is 0 Å². The monoisotopic (exact) mass is 1480 g/mol. The first-order valence-corrected chi connectivity index (χ1v) is 45.3. The van der Waals surface area contributed by atoms with Crippen LogP contribution in [0.15, 0.2) is 0 Å². The fourth-order valence-electron chi connectivity index (χ4n) is 12.7. The van der Waals surface area contributed by atoms with Gasteiger partial charge in [0.2, 0.25) is 0 Å². The van der Waals surface area contributed by atoms with Crippen molar-refractivity contribution in [2.24, 2.45) is 17.8 Å². The van der Waals surface area contributed by atoms with E-state index >= 15 is 0 Å². The predicted molar refractivity (Wildman–Crippen MR) is 414 cm³/mol. The smallest absolute Gasteiger partial charge is 0.462 e. The number of esters is 4. The van der Waals surface area contributed by atoms with Gasteiger partial charge in [-0.3, -0.25) is 37.3 Å². The highest BCUT2D eigenvalue weighted by Gasteiger charge is 2.30. The minimum absolute atomic E-state index is 0.107. The molecule has 0 saturated carbocycles. The topological polar surface area (TPSA) is 237 Å². The molecule has 2 unspecified atom stereocenters. The molecule has 0 spiro atoms. The van der Waals surface area contributed by atoms with E-state index in [0.29, 0.717) is 31.6 Å². The largest absolute Gasteiger partial charge is 0.472 e. The zero-order valence-corrected chi connectivity index (χ0v) is 68.2. The molecule has 600 valence electrons. The van der Waals surface area contributed by atoms with E-state index in [4.69, 9.17) is 37.0 Å². The second-order valence-corrected chi connectivity index (χ2v) is 33.8. The van der Waals surface area contributed by atoms with Crippen molar-refractivity contribution in [3.8, 4) is 0 Å². The number of carbonyl (C=O) groups excluding carboxylic acids is 4. The van der Waals surface area contributed by atoms with Gasteiger partial charge >= 0.3 is 39.5 Å². The summed E-state index contributed by atoms with van der Waals surface area (Å²) in [6.45, 7) is 11.9. The summed E-state index contributed by atoms with van der Waals surface area (Å²) in [4.78, 5) is 73.0. The van der Waals surface area contributed by atoms with Gasteiger partial charge in [-0.05, 0) is 43.4 Å². The first kappa shape index (κ1) is 99.1. The maximum atomic E-state index is 13.1. The molecule has 0 bridgehead atoms. The quantitative estimate of drug-likeness (QED) is 0.0222. The minimum atomic E-state index is -4.96. The first-order chi connectivity index (χ1) is 48.7. The lowest BCUT2D eigenvalue weighted by atomic mass is 10.0. The molecule has 0 heterocycles. The predicted octanol–water partition coefficient (Wildman–Crippen LogP) is 24.5. The second kappa shape index (κ2) is 72.3. The Balaban J connectivity index is 5.22. The third-order valence-corrected chi connectivity index (χ3v) is 21.0. The second-order valence-electron chi connectivity index (χ2n) is 30.9. The number of phosphoric ester groups is 2. The summed E-state index contributed by atoms with van der Waals surface area (Å²) in [7, 11) is -9.92. The highest BCUT2D eigenvalue weighted by atomic mass is 31.2. The van der Waals surface area contributed by atoms with Gasteiger partial charge in [-0.1, -0.05) is 376 Å². The van der Waals surface area contributed by atoms with Crippen molar-refractivity contribution < 1.29 is 80.2 Å². The van der Waals surface area contributed by atoms with E-state index in [0.717, 1.165) is 108 Å². The van der Waals surface area contributed by atoms with E-state index in [9.17, 15) is 43.2 Å². The third-order valence-electron chi connectivity index (χ3n) is 19.1. The highest BCUT2D eigenvalue weighted by Crippen LogP contribution is 2.45. The third kappa shape index (κ3) is 76.1. The number of hydrogen-bond acceptors (Lipinski definition) is 15. The van der Waals surface area contributed by atoms with Gasteiger partial charge in [-0.2, -0.15) is 0 Å². The lowest BCUT2D eigenvalue weighted by Crippen LogP contribution is -2.30. The van der Waals surface area contributed by atoms with Gasteiger partial charge in [-0.15, -0.1) is 0 Å². The van der Waals surface area contributed by atoms with Gasteiger partial charge in [0.05, 0.1) is 26.4 Å². The number of unbranched alkanes of at least 4 members (excludes halogenated alkanes) is 48. The fraction of sp³-hybridized carbons (Fsp3) is 0.951. The molecular formula is C82H160O17P2. The molecule has 0 aliphatic carbocycles. The van der Waals surface area contributed by atoms with E-state index in [-0.39, 0.29) is 25.7 Å². The van der Waals surface area contributed by atoms with Crippen molar-refractivity contribution >= 4 is 39.5 Å². The Morgan fingerprint density at radius 1 is 0.267 bits per heavy atom. The molecule has 101 heavy (non-hydrogen) atoms. The van der Waals surface area contributed by atoms with E-state index in [1.54, 1.807) is 0 Å². The van der Waals surface area contributed by atoms with Crippen LogP contribution in [0.1, 0.15) is 427 Å². The van der Waals surface area contributed by atoms with Crippen LogP contribution >= 0.6 is 15.6 Å². The number of ether oxygens (including phenoxy) is 4. The molecule has 0 amide bonds. The number of phosphoric acid groups is 2. The van der Waals surface area contributed by atoms with Crippen molar-refractivity contribution in [3.05, 3.63) is 0 Å². The van der Waals surface area contributed by atoms with Crippen LogP contribution in [0.2, 0.25) is 0 Å². The van der Waals surface area contributed by atoms with Gasteiger partial charge in [0.1, 0.15) is 19.3 Å². The fourth-order valence-corrected chi connectivity index (χ4v) is 14.2. The standard InChI is InChI=1S/C82H160O17P2/c1-8-9-10-11-12-13-14-15-19-27-32-37-42-51-58-66-82(87)99-78(70-93-80(85)64-57-50-45-44-48-55-62-75(6)7)72-97-101(90,91)95-68-76(83)67-94-100(88,89)96-71-77(69-92-79(84)63-56-49-41-36-31-26-23-18-21-25-30-35-40-47-54-61-74(4)5)98-81(86)65-59-52-43-38-33-28-22-17-16-20-24-29-34-39-46-53-60-73(2)3/h73-78,83H,8-72H2,1-7H3,(H,88,89)(H,90,91)/t76-,77-,78-/m1/s1. The molecule has 0 radical (unpaired) electrons. The van der Waals surface area contributed by atoms with Gasteiger partial charge < -0.3 is 33.8 Å². The molecule has 0 aromatic carbocycles. The maximum absolute atomic E-state index is 13.1. The van der Waals surface area contributed by atoms with Crippen LogP contribution in [0.25, 0.3) is 0 Å². The minimum Gasteiger partial charge on any atom is -0.462 e. The van der Waals surface area contributed by atoms with Crippen molar-refractivity contribution in [2.45, 2.75) is 446 Å².